The van der Waals surface area contributed by atoms with Gasteiger partial charge in [0.15, 0.2) is 0 Å². The van der Waals surface area contributed by atoms with Gasteiger partial charge in [0, 0.05) is 18.6 Å². The Morgan fingerprint density at radius 2 is 2.00 bits per heavy atom. The molecule has 2 atom stereocenters. The fourth-order valence-electron chi connectivity index (χ4n) is 3.07. The molecule has 1 heterocycles. The number of benzene rings is 1. The van der Waals surface area contributed by atoms with E-state index in [2.05, 4.69) is 61.3 Å². The van der Waals surface area contributed by atoms with Gasteiger partial charge in [0.1, 0.15) is 0 Å². The van der Waals surface area contributed by atoms with Crippen LogP contribution in [0.25, 0.3) is 0 Å². The van der Waals surface area contributed by atoms with Crippen LogP contribution < -0.4 is 5.32 Å². The van der Waals surface area contributed by atoms with Gasteiger partial charge in [0.05, 0.1) is 0 Å². The van der Waals surface area contributed by atoms with Crippen LogP contribution in [0.4, 0.5) is 0 Å². The first-order chi connectivity index (χ1) is 9.20. The third-order valence-corrected chi connectivity index (χ3v) is 4.19. The minimum absolute atomic E-state index is 0.475. The number of piperidine rings is 1. The smallest absolute Gasteiger partial charge is 0.0346 e. The number of hydrogen-bond donors (Lipinski definition) is 1. The summed E-state index contributed by atoms with van der Waals surface area (Å²) in [5.41, 5.74) is 1.42. The molecule has 2 unspecified atom stereocenters. The van der Waals surface area contributed by atoms with Crippen molar-refractivity contribution < 1.29 is 0 Å². The molecule has 2 nitrogen and oxygen atoms in total. The second-order valence-electron chi connectivity index (χ2n) is 6.03. The number of likely N-dealkylation sites (tertiary alicyclic amines) is 1. The normalized spacial score (nSPS) is 22.6. The molecule has 1 saturated heterocycles. The highest BCUT2D eigenvalue weighted by Crippen LogP contribution is 2.23. The molecule has 1 aromatic rings. The molecule has 0 bridgehead atoms. The topological polar surface area (TPSA) is 15.3 Å². The molecule has 0 aliphatic carbocycles. The lowest BCUT2D eigenvalue weighted by Gasteiger charge is -2.36. The van der Waals surface area contributed by atoms with Gasteiger partial charge in [-0.3, -0.25) is 0 Å². The molecule has 1 N–H and O–H groups in total. The summed E-state index contributed by atoms with van der Waals surface area (Å²) >= 11 is 0. The Morgan fingerprint density at radius 3 is 2.63 bits per heavy atom. The molecule has 2 heteroatoms. The highest BCUT2D eigenvalue weighted by atomic mass is 15.2. The molecular weight excluding hydrogens is 232 g/mol. The van der Waals surface area contributed by atoms with E-state index < -0.39 is 0 Å². The Bertz CT molecular complexity index is 361. The zero-order chi connectivity index (χ0) is 13.7. The predicted octanol–water partition coefficient (Wildman–Crippen LogP) is 3.46. The van der Waals surface area contributed by atoms with Gasteiger partial charge in [-0.2, -0.15) is 0 Å². The number of nitrogens with zero attached hydrogens (tertiary/aromatic N) is 1. The van der Waals surface area contributed by atoms with Crippen LogP contribution in [-0.2, 0) is 0 Å². The SMILES string of the molecule is CCN1CCCC(NC(c2ccccc2)C(C)C)C1. The Kier molecular flexibility index (Phi) is 5.41. The second-order valence-corrected chi connectivity index (χ2v) is 6.03. The third-order valence-electron chi connectivity index (χ3n) is 4.19. The highest BCUT2D eigenvalue weighted by molar-refractivity contribution is 5.19. The summed E-state index contributed by atoms with van der Waals surface area (Å²) in [6.07, 6.45) is 2.64. The number of nitrogens with one attached hydrogen (secondary N) is 1. The Morgan fingerprint density at radius 1 is 1.26 bits per heavy atom. The van der Waals surface area contributed by atoms with Crippen LogP contribution >= 0.6 is 0 Å². The zero-order valence-electron chi connectivity index (χ0n) is 12.6. The molecule has 2 rings (SSSR count). The lowest BCUT2D eigenvalue weighted by Crippen LogP contribution is -2.47. The van der Waals surface area contributed by atoms with Crippen LogP contribution in [0.2, 0.25) is 0 Å². The molecule has 0 saturated carbocycles. The van der Waals surface area contributed by atoms with E-state index in [-0.39, 0.29) is 0 Å². The monoisotopic (exact) mass is 260 g/mol. The van der Waals surface area contributed by atoms with Crippen LogP contribution in [-0.4, -0.2) is 30.6 Å². The van der Waals surface area contributed by atoms with Crippen molar-refractivity contribution in [2.75, 3.05) is 19.6 Å². The summed E-state index contributed by atoms with van der Waals surface area (Å²) in [4.78, 5) is 2.56. The van der Waals surface area contributed by atoms with Crippen molar-refractivity contribution in [2.24, 2.45) is 5.92 Å². The van der Waals surface area contributed by atoms with Crippen molar-refractivity contribution in [3.8, 4) is 0 Å². The Labute approximate surface area is 118 Å². The Hall–Kier alpha value is -0.860. The van der Waals surface area contributed by atoms with Crippen LogP contribution in [0.3, 0.4) is 0 Å². The molecule has 0 amide bonds. The summed E-state index contributed by atoms with van der Waals surface area (Å²) in [6.45, 7) is 10.5. The average Bonchev–Trinajstić information content (AvgIpc) is 2.45. The lowest BCUT2D eigenvalue weighted by atomic mass is 9.94. The molecule has 0 aromatic heterocycles. The molecule has 0 spiro atoms. The minimum Gasteiger partial charge on any atom is -0.306 e. The van der Waals surface area contributed by atoms with Crippen LogP contribution in [0.1, 0.15) is 45.2 Å². The van der Waals surface area contributed by atoms with Crippen LogP contribution in [0, 0.1) is 5.92 Å². The van der Waals surface area contributed by atoms with Gasteiger partial charge in [-0.15, -0.1) is 0 Å². The summed E-state index contributed by atoms with van der Waals surface area (Å²) in [5.74, 6) is 0.624. The van der Waals surface area contributed by atoms with E-state index in [0.717, 1.165) is 0 Å². The van der Waals surface area contributed by atoms with Crippen molar-refractivity contribution >= 4 is 0 Å². The second kappa shape index (κ2) is 7.06. The van der Waals surface area contributed by atoms with Crippen molar-refractivity contribution in [3.63, 3.8) is 0 Å². The first-order valence-electron chi connectivity index (χ1n) is 7.74. The molecule has 106 valence electrons. The quantitative estimate of drug-likeness (QED) is 0.872. The van der Waals surface area contributed by atoms with Crippen LogP contribution in [0.15, 0.2) is 30.3 Å². The third kappa shape index (κ3) is 4.05. The summed E-state index contributed by atoms with van der Waals surface area (Å²) in [5, 5.41) is 3.89. The van der Waals surface area contributed by atoms with Crippen molar-refractivity contribution in [1.29, 1.82) is 0 Å². The maximum atomic E-state index is 3.89. The van der Waals surface area contributed by atoms with Gasteiger partial charge in [0.2, 0.25) is 0 Å². The predicted molar refractivity (Wildman–Crippen MR) is 82.3 cm³/mol. The summed E-state index contributed by atoms with van der Waals surface area (Å²) in [7, 11) is 0. The van der Waals surface area contributed by atoms with E-state index in [4.69, 9.17) is 0 Å². The molecule has 1 aliphatic rings. The van der Waals surface area contributed by atoms with Crippen molar-refractivity contribution in [3.05, 3.63) is 35.9 Å². The summed E-state index contributed by atoms with van der Waals surface area (Å²) in [6, 6.07) is 12.0. The van der Waals surface area contributed by atoms with Gasteiger partial charge in [-0.25, -0.2) is 0 Å². The van der Waals surface area contributed by atoms with Crippen molar-refractivity contribution in [2.45, 2.75) is 45.7 Å². The van der Waals surface area contributed by atoms with Crippen LogP contribution in [0.5, 0.6) is 0 Å². The first kappa shape index (κ1) is 14.5. The maximum Gasteiger partial charge on any atom is 0.0346 e. The minimum atomic E-state index is 0.475. The van der Waals surface area contributed by atoms with E-state index in [1.54, 1.807) is 0 Å². The largest absolute Gasteiger partial charge is 0.306 e. The molecule has 1 aliphatic heterocycles. The number of rotatable bonds is 5. The number of likely N-dealkylation sites (N-methyl/N-ethyl adjacent to an activating group) is 1. The molecule has 1 aromatic carbocycles. The van der Waals surface area contributed by atoms with Crippen molar-refractivity contribution in [1.82, 2.24) is 10.2 Å². The highest BCUT2D eigenvalue weighted by Gasteiger charge is 2.23. The maximum absolute atomic E-state index is 3.89. The zero-order valence-corrected chi connectivity index (χ0v) is 12.6. The fourth-order valence-corrected chi connectivity index (χ4v) is 3.07. The van der Waals surface area contributed by atoms with E-state index in [9.17, 15) is 0 Å². The van der Waals surface area contributed by atoms with Gasteiger partial charge in [0.25, 0.3) is 0 Å². The standard InChI is InChI=1S/C17H28N2/c1-4-19-12-8-11-16(13-19)18-17(14(2)3)15-9-6-5-7-10-15/h5-7,9-10,14,16-18H,4,8,11-13H2,1-3H3. The van der Waals surface area contributed by atoms with Gasteiger partial charge in [-0.05, 0) is 37.4 Å². The van der Waals surface area contributed by atoms with Gasteiger partial charge >= 0.3 is 0 Å². The van der Waals surface area contributed by atoms with Gasteiger partial charge in [-0.1, -0.05) is 51.1 Å². The molecular formula is C17H28N2. The van der Waals surface area contributed by atoms with E-state index in [1.807, 2.05) is 0 Å². The van der Waals surface area contributed by atoms with Gasteiger partial charge < -0.3 is 10.2 Å². The molecule has 1 fully saturated rings. The van der Waals surface area contributed by atoms with E-state index in [1.165, 1.54) is 38.0 Å². The molecule has 0 radical (unpaired) electrons. The summed E-state index contributed by atoms with van der Waals surface area (Å²) < 4.78 is 0. The van der Waals surface area contributed by atoms with E-state index in [0.29, 0.717) is 18.0 Å². The number of hydrogen-bond acceptors (Lipinski definition) is 2. The Balaban J connectivity index is 2.01. The fraction of sp³-hybridized carbons (Fsp3) is 0.647. The molecule has 19 heavy (non-hydrogen) atoms. The average molecular weight is 260 g/mol. The first-order valence-corrected chi connectivity index (χ1v) is 7.74. The van der Waals surface area contributed by atoms with E-state index >= 15 is 0 Å². The lowest BCUT2D eigenvalue weighted by molar-refractivity contribution is 0.182.